The van der Waals surface area contributed by atoms with Crippen LogP contribution in [0.25, 0.3) is 10.9 Å². The van der Waals surface area contributed by atoms with Crippen LogP contribution in [0.2, 0.25) is 0 Å². The lowest BCUT2D eigenvalue weighted by molar-refractivity contribution is -0.121. The molecule has 3 aromatic rings. The SMILES string of the molecule is Cc1[nH]ncc1CNC(=O)CCCNc1ncnc2ccccc12. The minimum atomic E-state index is 0.0324. The molecule has 2 aromatic heterocycles. The van der Waals surface area contributed by atoms with E-state index >= 15 is 0 Å². The number of carbonyl (C=O) groups excluding carboxylic acids is 1. The normalized spacial score (nSPS) is 10.7. The molecule has 0 unspecified atom stereocenters. The Morgan fingerprint density at radius 2 is 2.12 bits per heavy atom. The fourth-order valence-electron chi connectivity index (χ4n) is 2.44. The van der Waals surface area contributed by atoms with Gasteiger partial charge in [-0.05, 0) is 25.5 Å². The second-order valence-electron chi connectivity index (χ2n) is 5.57. The van der Waals surface area contributed by atoms with Gasteiger partial charge in [-0.2, -0.15) is 5.10 Å². The van der Waals surface area contributed by atoms with Crippen molar-refractivity contribution < 1.29 is 4.79 Å². The van der Waals surface area contributed by atoms with Crippen molar-refractivity contribution in [2.75, 3.05) is 11.9 Å². The van der Waals surface area contributed by atoms with Gasteiger partial charge in [0.15, 0.2) is 0 Å². The summed E-state index contributed by atoms with van der Waals surface area (Å²) in [5, 5.41) is 14.0. The average Bonchev–Trinajstić information content (AvgIpc) is 3.02. The minimum Gasteiger partial charge on any atom is -0.369 e. The molecule has 0 bridgehead atoms. The maximum Gasteiger partial charge on any atom is 0.220 e. The van der Waals surface area contributed by atoms with Gasteiger partial charge in [-0.15, -0.1) is 0 Å². The highest BCUT2D eigenvalue weighted by molar-refractivity contribution is 5.88. The van der Waals surface area contributed by atoms with Crippen LogP contribution in [0.1, 0.15) is 24.1 Å². The first-order valence-corrected chi connectivity index (χ1v) is 7.93. The summed E-state index contributed by atoms with van der Waals surface area (Å²) in [6.07, 6.45) is 4.48. The van der Waals surface area contributed by atoms with Crippen LogP contribution in [-0.4, -0.2) is 32.6 Å². The number of hydrogen-bond acceptors (Lipinski definition) is 5. The summed E-state index contributed by atoms with van der Waals surface area (Å²) in [7, 11) is 0. The van der Waals surface area contributed by atoms with Gasteiger partial charge in [0, 0.05) is 36.2 Å². The molecule has 0 spiro atoms. The Labute approximate surface area is 139 Å². The van der Waals surface area contributed by atoms with Crippen LogP contribution in [0.4, 0.5) is 5.82 Å². The molecule has 0 saturated carbocycles. The third-order valence-electron chi connectivity index (χ3n) is 3.83. The number of benzene rings is 1. The lowest BCUT2D eigenvalue weighted by atomic mass is 10.2. The van der Waals surface area contributed by atoms with Crippen molar-refractivity contribution in [3.63, 3.8) is 0 Å². The Morgan fingerprint density at radius 1 is 1.25 bits per heavy atom. The van der Waals surface area contributed by atoms with Crippen LogP contribution in [0.5, 0.6) is 0 Å². The number of H-pyrrole nitrogens is 1. The van der Waals surface area contributed by atoms with Crippen LogP contribution in [0.3, 0.4) is 0 Å². The Balaban J connectivity index is 1.43. The molecule has 1 aromatic carbocycles. The van der Waals surface area contributed by atoms with Gasteiger partial charge in [-0.25, -0.2) is 9.97 Å². The molecule has 7 heteroatoms. The van der Waals surface area contributed by atoms with Crippen molar-refractivity contribution in [2.24, 2.45) is 0 Å². The van der Waals surface area contributed by atoms with Gasteiger partial charge in [0.25, 0.3) is 0 Å². The fraction of sp³-hybridized carbons (Fsp3) is 0.294. The summed E-state index contributed by atoms with van der Waals surface area (Å²) in [6.45, 7) is 3.12. The fourth-order valence-corrected chi connectivity index (χ4v) is 2.44. The number of aromatic amines is 1. The molecule has 0 aliphatic rings. The zero-order valence-corrected chi connectivity index (χ0v) is 13.5. The van der Waals surface area contributed by atoms with Crippen molar-refractivity contribution in [1.29, 1.82) is 0 Å². The van der Waals surface area contributed by atoms with E-state index in [1.807, 2.05) is 31.2 Å². The van der Waals surface area contributed by atoms with Crippen molar-refractivity contribution in [2.45, 2.75) is 26.3 Å². The molecule has 0 aliphatic carbocycles. The molecule has 7 nitrogen and oxygen atoms in total. The first-order chi connectivity index (χ1) is 11.7. The van der Waals surface area contributed by atoms with Gasteiger partial charge in [-0.1, -0.05) is 12.1 Å². The van der Waals surface area contributed by atoms with Gasteiger partial charge in [0.05, 0.1) is 11.7 Å². The van der Waals surface area contributed by atoms with Crippen molar-refractivity contribution in [3.05, 3.63) is 48.0 Å². The molecule has 0 atom stereocenters. The lowest BCUT2D eigenvalue weighted by Gasteiger charge is -2.08. The predicted octanol–water partition coefficient (Wildman–Crippen LogP) is 2.17. The number of aromatic nitrogens is 4. The second-order valence-corrected chi connectivity index (χ2v) is 5.57. The van der Waals surface area contributed by atoms with Gasteiger partial charge in [-0.3, -0.25) is 9.89 Å². The quantitative estimate of drug-likeness (QED) is 0.579. The predicted molar refractivity (Wildman–Crippen MR) is 92.4 cm³/mol. The van der Waals surface area contributed by atoms with Crippen LogP contribution < -0.4 is 10.6 Å². The van der Waals surface area contributed by atoms with E-state index in [0.717, 1.165) is 34.4 Å². The third kappa shape index (κ3) is 3.87. The number of hydrogen-bond donors (Lipinski definition) is 3. The number of anilines is 1. The molecule has 0 radical (unpaired) electrons. The highest BCUT2D eigenvalue weighted by atomic mass is 16.1. The molecule has 0 aliphatic heterocycles. The first-order valence-electron chi connectivity index (χ1n) is 7.93. The summed E-state index contributed by atoms with van der Waals surface area (Å²) in [4.78, 5) is 20.4. The van der Waals surface area contributed by atoms with Crippen molar-refractivity contribution in [3.8, 4) is 0 Å². The first kappa shape index (κ1) is 15.9. The number of para-hydroxylation sites is 1. The Hall–Kier alpha value is -2.96. The molecule has 1 amide bonds. The molecule has 0 fully saturated rings. The van der Waals surface area contributed by atoms with Crippen LogP contribution in [0.15, 0.2) is 36.8 Å². The Bertz CT molecular complexity index is 823. The van der Waals surface area contributed by atoms with Crippen LogP contribution in [-0.2, 0) is 11.3 Å². The molecule has 0 saturated heterocycles. The van der Waals surface area contributed by atoms with E-state index in [2.05, 4.69) is 30.8 Å². The second kappa shape index (κ2) is 7.54. The molecule has 2 heterocycles. The smallest absolute Gasteiger partial charge is 0.220 e. The number of fused-ring (bicyclic) bond motifs is 1. The molecule has 24 heavy (non-hydrogen) atoms. The summed E-state index contributed by atoms with van der Waals surface area (Å²) in [6, 6.07) is 7.85. The standard InChI is InChI=1S/C17H20N6O/c1-12-13(10-22-23-12)9-19-16(24)7-4-8-18-17-14-5-2-3-6-15(14)20-11-21-17/h2-3,5-6,10-11H,4,7-9H2,1H3,(H,19,24)(H,22,23)(H,18,20,21). The zero-order valence-electron chi connectivity index (χ0n) is 13.5. The number of nitrogens with zero attached hydrogens (tertiary/aromatic N) is 3. The number of rotatable bonds is 7. The van der Waals surface area contributed by atoms with E-state index in [0.29, 0.717) is 19.5 Å². The highest BCUT2D eigenvalue weighted by Gasteiger charge is 2.05. The topological polar surface area (TPSA) is 95.6 Å². The van der Waals surface area contributed by atoms with E-state index in [9.17, 15) is 4.79 Å². The van der Waals surface area contributed by atoms with Crippen molar-refractivity contribution >= 4 is 22.6 Å². The Kier molecular flexibility index (Phi) is 5.00. The van der Waals surface area contributed by atoms with E-state index < -0.39 is 0 Å². The van der Waals surface area contributed by atoms with E-state index in [1.54, 1.807) is 12.5 Å². The maximum atomic E-state index is 11.9. The molecule has 124 valence electrons. The van der Waals surface area contributed by atoms with E-state index in [1.165, 1.54) is 0 Å². The van der Waals surface area contributed by atoms with Crippen LogP contribution in [0, 0.1) is 6.92 Å². The highest BCUT2D eigenvalue weighted by Crippen LogP contribution is 2.18. The summed E-state index contributed by atoms with van der Waals surface area (Å²) in [5.41, 5.74) is 2.89. The Morgan fingerprint density at radius 3 is 2.96 bits per heavy atom. The monoisotopic (exact) mass is 324 g/mol. The lowest BCUT2D eigenvalue weighted by Crippen LogP contribution is -2.23. The summed E-state index contributed by atoms with van der Waals surface area (Å²) in [5.74, 6) is 0.833. The van der Waals surface area contributed by atoms with Gasteiger partial charge in [0.1, 0.15) is 12.1 Å². The van der Waals surface area contributed by atoms with Gasteiger partial charge >= 0.3 is 0 Å². The van der Waals surface area contributed by atoms with Gasteiger partial charge < -0.3 is 10.6 Å². The summed E-state index contributed by atoms with van der Waals surface area (Å²) >= 11 is 0. The molecular weight excluding hydrogens is 304 g/mol. The minimum absolute atomic E-state index is 0.0324. The molecular formula is C17H20N6O. The third-order valence-corrected chi connectivity index (χ3v) is 3.83. The maximum absolute atomic E-state index is 11.9. The number of amides is 1. The average molecular weight is 324 g/mol. The van der Waals surface area contributed by atoms with E-state index in [-0.39, 0.29) is 5.91 Å². The van der Waals surface area contributed by atoms with Crippen LogP contribution >= 0.6 is 0 Å². The van der Waals surface area contributed by atoms with E-state index in [4.69, 9.17) is 0 Å². The summed E-state index contributed by atoms with van der Waals surface area (Å²) < 4.78 is 0. The molecule has 3 rings (SSSR count). The van der Waals surface area contributed by atoms with Gasteiger partial charge in [0.2, 0.25) is 5.91 Å². The largest absolute Gasteiger partial charge is 0.369 e. The zero-order chi connectivity index (χ0) is 16.8. The van der Waals surface area contributed by atoms with Crippen molar-refractivity contribution in [1.82, 2.24) is 25.5 Å². The number of nitrogens with one attached hydrogen (secondary N) is 3. The number of aryl methyl sites for hydroxylation is 1. The number of carbonyl (C=O) groups is 1. The molecule has 3 N–H and O–H groups in total.